The van der Waals surface area contributed by atoms with Crippen LogP contribution in [0.15, 0.2) is 60.0 Å². The van der Waals surface area contributed by atoms with Crippen molar-refractivity contribution in [1.82, 2.24) is 29.6 Å². The zero-order chi connectivity index (χ0) is 22.9. The number of piperazine rings is 1. The van der Waals surface area contributed by atoms with Gasteiger partial charge in [-0.1, -0.05) is 12.6 Å². The number of benzene rings is 1. The number of aromatic nitrogens is 5. The monoisotopic (exact) mass is 442 g/mol. The van der Waals surface area contributed by atoms with Gasteiger partial charge >= 0.3 is 0 Å². The van der Waals surface area contributed by atoms with E-state index in [0.717, 1.165) is 43.1 Å². The van der Waals surface area contributed by atoms with E-state index in [4.69, 9.17) is 0 Å². The number of nitrogens with one attached hydrogen (secondary N) is 2. The van der Waals surface area contributed by atoms with Crippen LogP contribution in [0, 0.1) is 0 Å². The van der Waals surface area contributed by atoms with Crippen molar-refractivity contribution in [2.45, 2.75) is 6.92 Å². The molecule has 0 unspecified atom stereocenters. The van der Waals surface area contributed by atoms with Crippen molar-refractivity contribution in [3.8, 4) is 5.82 Å². The van der Waals surface area contributed by atoms with Crippen molar-refractivity contribution in [1.29, 1.82) is 0 Å². The zero-order valence-electron chi connectivity index (χ0n) is 18.7. The number of hydrogen-bond acceptors (Lipinski definition) is 7. The van der Waals surface area contributed by atoms with E-state index in [9.17, 15) is 4.79 Å². The lowest BCUT2D eigenvalue weighted by atomic mass is 10.2. The van der Waals surface area contributed by atoms with Gasteiger partial charge in [0.25, 0.3) is 5.56 Å². The summed E-state index contributed by atoms with van der Waals surface area (Å²) in [6.07, 6.45) is 1.53. The van der Waals surface area contributed by atoms with Crippen molar-refractivity contribution in [2.75, 3.05) is 43.4 Å². The van der Waals surface area contributed by atoms with Crippen LogP contribution in [0.1, 0.15) is 12.6 Å². The van der Waals surface area contributed by atoms with E-state index in [-0.39, 0.29) is 5.56 Å². The Balaban J connectivity index is 1.42. The number of rotatable bonds is 5. The number of nitrogens with zero attached hydrogens (tertiary/aromatic N) is 6. The Bertz CT molecular complexity index is 1360. The quantitative estimate of drug-likeness (QED) is 0.491. The molecule has 0 amide bonds. The number of fused-ring (bicyclic) bond motifs is 1. The molecule has 0 radical (unpaired) electrons. The molecule has 0 atom stereocenters. The van der Waals surface area contributed by atoms with E-state index in [0.29, 0.717) is 22.8 Å². The molecular weight excluding hydrogens is 416 g/mol. The minimum Gasteiger partial charge on any atom is -0.369 e. The van der Waals surface area contributed by atoms with Crippen LogP contribution in [0.4, 0.5) is 17.3 Å². The third-order valence-electron chi connectivity index (χ3n) is 5.83. The zero-order valence-corrected chi connectivity index (χ0v) is 18.7. The second-order valence-electron chi connectivity index (χ2n) is 8.33. The van der Waals surface area contributed by atoms with E-state index in [1.807, 2.05) is 37.3 Å². The SMILES string of the molecule is C=C(C)c1cccc(-n2[nH]c(=O)c3cnc(Nc4ccc(N5CCN(C)CC5)cc4)nc32)n1. The summed E-state index contributed by atoms with van der Waals surface area (Å²) >= 11 is 0. The molecule has 5 rings (SSSR count). The van der Waals surface area contributed by atoms with Crippen molar-refractivity contribution in [3.05, 3.63) is 71.3 Å². The molecule has 9 heteroatoms. The van der Waals surface area contributed by atoms with Crippen molar-refractivity contribution < 1.29 is 0 Å². The minimum absolute atomic E-state index is 0.268. The molecule has 4 heterocycles. The average molecular weight is 443 g/mol. The van der Waals surface area contributed by atoms with Gasteiger partial charge in [0.2, 0.25) is 5.95 Å². The Morgan fingerprint density at radius 3 is 2.55 bits per heavy atom. The lowest BCUT2D eigenvalue weighted by molar-refractivity contribution is 0.313. The van der Waals surface area contributed by atoms with Gasteiger partial charge in [0.05, 0.1) is 5.69 Å². The van der Waals surface area contributed by atoms with Gasteiger partial charge < -0.3 is 15.1 Å². The Morgan fingerprint density at radius 2 is 1.82 bits per heavy atom. The first kappa shape index (κ1) is 20.9. The number of H-pyrrole nitrogens is 1. The Morgan fingerprint density at radius 1 is 1.06 bits per heavy atom. The molecule has 3 aromatic heterocycles. The smallest absolute Gasteiger partial charge is 0.275 e. The van der Waals surface area contributed by atoms with Crippen LogP contribution in [0.25, 0.3) is 22.4 Å². The summed E-state index contributed by atoms with van der Waals surface area (Å²) in [5.74, 6) is 0.961. The highest BCUT2D eigenvalue weighted by atomic mass is 16.1. The molecule has 33 heavy (non-hydrogen) atoms. The molecule has 4 aromatic rings. The third kappa shape index (κ3) is 4.22. The van der Waals surface area contributed by atoms with Gasteiger partial charge in [-0.2, -0.15) is 4.98 Å². The van der Waals surface area contributed by atoms with Crippen LogP contribution < -0.4 is 15.8 Å². The van der Waals surface area contributed by atoms with E-state index in [1.54, 1.807) is 4.68 Å². The fourth-order valence-corrected chi connectivity index (χ4v) is 3.88. The summed E-state index contributed by atoms with van der Waals surface area (Å²) in [5, 5.41) is 6.44. The van der Waals surface area contributed by atoms with Crippen LogP contribution in [0.5, 0.6) is 0 Å². The van der Waals surface area contributed by atoms with E-state index < -0.39 is 0 Å². The predicted molar refractivity (Wildman–Crippen MR) is 131 cm³/mol. The largest absolute Gasteiger partial charge is 0.369 e. The standard InChI is InChI=1S/C24H26N8O/c1-16(2)20-5-4-6-21(27-20)32-22-19(23(33)29-32)15-25-24(28-22)26-17-7-9-18(10-8-17)31-13-11-30(3)12-14-31/h4-10,15H,1,11-14H2,2-3H3,(H,29,33)(H,25,26,28). The van der Waals surface area contributed by atoms with Crippen LogP contribution in [0.3, 0.4) is 0 Å². The van der Waals surface area contributed by atoms with E-state index in [2.05, 4.69) is 60.9 Å². The number of aromatic amines is 1. The van der Waals surface area contributed by atoms with Crippen LogP contribution in [-0.2, 0) is 0 Å². The Kier molecular flexibility index (Phi) is 5.39. The Hall–Kier alpha value is -3.98. The molecule has 1 saturated heterocycles. The molecule has 1 aromatic carbocycles. The molecule has 1 aliphatic rings. The number of hydrogen-bond donors (Lipinski definition) is 2. The predicted octanol–water partition coefficient (Wildman–Crippen LogP) is 3.03. The molecule has 9 nitrogen and oxygen atoms in total. The van der Waals surface area contributed by atoms with Gasteiger partial charge in [-0.05, 0) is 55.9 Å². The lowest BCUT2D eigenvalue weighted by Gasteiger charge is -2.34. The normalized spacial score (nSPS) is 14.5. The summed E-state index contributed by atoms with van der Waals surface area (Å²) in [5.41, 5.74) is 3.86. The molecule has 0 spiro atoms. The maximum atomic E-state index is 12.4. The molecule has 0 aliphatic carbocycles. The fraction of sp³-hybridized carbons (Fsp3) is 0.250. The topological polar surface area (TPSA) is 95.0 Å². The number of anilines is 3. The number of likely N-dealkylation sites (N-methyl/N-ethyl adjacent to an activating group) is 1. The highest BCUT2D eigenvalue weighted by molar-refractivity contribution is 5.76. The maximum Gasteiger partial charge on any atom is 0.275 e. The van der Waals surface area contributed by atoms with Crippen LogP contribution in [0.2, 0.25) is 0 Å². The summed E-state index contributed by atoms with van der Waals surface area (Å²) in [4.78, 5) is 30.7. The molecule has 1 fully saturated rings. The summed E-state index contributed by atoms with van der Waals surface area (Å²) in [6.45, 7) is 10.0. The first-order valence-corrected chi connectivity index (χ1v) is 10.9. The van der Waals surface area contributed by atoms with E-state index in [1.165, 1.54) is 11.9 Å². The molecule has 0 saturated carbocycles. The lowest BCUT2D eigenvalue weighted by Crippen LogP contribution is -2.44. The molecule has 168 valence electrons. The van der Waals surface area contributed by atoms with E-state index >= 15 is 0 Å². The highest BCUT2D eigenvalue weighted by Crippen LogP contribution is 2.22. The number of pyridine rings is 1. The molecule has 1 aliphatic heterocycles. The van der Waals surface area contributed by atoms with Gasteiger partial charge in [0, 0.05) is 43.8 Å². The second-order valence-corrected chi connectivity index (χ2v) is 8.33. The highest BCUT2D eigenvalue weighted by Gasteiger charge is 2.15. The molecular formula is C24H26N8O. The number of allylic oxidation sites excluding steroid dienone is 1. The van der Waals surface area contributed by atoms with Gasteiger partial charge in [0.1, 0.15) is 5.39 Å². The maximum absolute atomic E-state index is 12.4. The fourth-order valence-electron chi connectivity index (χ4n) is 3.88. The van der Waals surface area contributed by atoms with Crippen molar-refractivity contribution >= 4 is 33.9 Å². The van der Waals surface area contributed by atoms with Gasteiger partial charge in [-0.3, -0.25) is 9.89 Å². The first-order valence-electron chi connectivity index (χ1n) is 10.9. The molecule has 2 N–H and O–H groups in total. The van der Waals surface area contributed by atoms with Crippen LogP contribution in [-0.4, -0.2) is 62.9 Å². The second kappa shape index (κ2) is 8.51. The van der Waals surface area contributed by atoms with Crippen LogP contribution >= 0.6 is 0 Å². The Labute approximate surface area is 191 Å². The summed E-state index contributed by atoms with van der Waals surface area (Å²) < 4.78 is 1.58. The van der Waals surface area contributed by atoms with Gasteiger partial charge in [0.15, 0.2) is 11.5 Å². The molecule has 0 bridgehead atoms. The van der Waals surface area contributed by atoms with Crippen molar-refractivity contribution in [3.63, 3.8) is 0 Å². The minimum atomic E-state index is -0.268. The first-order chi connectivity index (χ1) is 16.0. The summed E-state index contributed by atoms with van der Waals surface area (Å²) in [6, 6.07) is 13.8. The van der Waals surface area contributed by atoms with Crippen molar-refractivity contribution in [2.24, 2.45) is 0 Å². The summed E-state index contributed by atoms with van der Waals surface area (Å²) in [7, 11) is 2.15. The van der Waals surface area contributed by atoms with Gasteiger partial charge in [-0.25, -0.2) is 14.6 Å². The third-order valence-corrected chi connectivity index (χ3v) is 5.83. The average Bonchev–Trinajstić information content (AvgIpc) is 3.16. The van der Waals surface area contributed by atoms with Gasteiger partial charge in [-0.15, -0.1) is 0 Å².